The van der Waals surface area contributed by atoms with Crippen LogP contribution in [0.2, 0.25) is 0 Å². The normalized spacial score (nSPS) is 13.0. The standard InChI is InChI=1S/C10H20N4O/c1-3-7-15-8-5-9(13-11)10-4-6-12-14(10)2/h4,6,9,13H,3,5,7-8,11H2,1-2H3. The predicted octanol–water partition coefficient (Wildman–Crippen LogP) is 0.741. The van der Waals surface area contributed by atoms with Gasteiger partial charge in [0.25, 0.3) is 0 Å². The lowest BCUT2D eigenvalue weighted by Crippen LogP contribution is -2.30. The summed E-state index contributed by atoms with van der Waals surface area (Å²) >= 11 is 0. The summed E-state index contributed by atoms with van der Waals surface area (Å²) in [6.07, 6.45) is 3.68. The van der Waals surface area contributed by atoms with Gasteiger partial charge in [0.1, 0.15) is 0 Å². The minimum atomic E-state index is 0.106. The van der Waals surface area contributed by atoms with E-state index in [9.17, 15) is 0 Å². The van der Waals surface area contributed by atoms with E-state index in [4.69, 9.17) is 10.6 Å². The van der Waals surface area contributed by atoms with Gasteiger partial charge in [-0.25, -0.2) is 0 Å². The minimum Gasteiger partial charge on any atom is -0.381 e. The van der Waals surface area contributed by atoms with Gasteiger partial charge in [0.15, 0.2) is 0 Å². The fraction of sp³-hybridized carbons (Fsp3) is 0.700. The van der Waals surface area contributed by atoms with E-state index in [-0.39, 0.29) is 6.04 Å². The van der Waals surface area contributed by atoms with E-state index < -0.39 is 0 Å². The number of aromatic nitrogens is 2. The zero-order chi connectivity index (χ0) is 11.1. The average Bonchev–Trinajstić information content (AvgIpc) is 2.65. The summed E-state index contributed by atoms with van der Waals surface area (Å²) in [5.41, 5.74) is 3.86. The largest absolute Gasteiger partial charge is 0.381 e. The molecular formula is C10H20N4O. The van der Waals surface area contributed by atoms with Crippen LogP contribution in [0.1, 0.15) is 31.5 Å². The van der Waals surface area contributed by atoms with E-state index in [1.807, 2.05) is 17.8 Å². The first-order valence-corrected chi connectivity index (χ1v) is 5.31. The number of aryl methyl sites for hydroxylation is 1. The lowest BCUT2D eigenvalue weighted by atomic mass is 10.1. The van der Waals surface area contributed by atoms with Crippen molar-refractivity contribution in [3.05, 3.63) is 18.0 Å². The number of hydrazine groups is 1. The van der Waals surface area contributed by atoms with E-state index in [2.05, 4.69) is 17.4 Å². The van der Waals surface area contributed by atoms with Crippen LogP contribution in [0.15, 0.2) is 12.3 Å². The van der Waals surface area contributed by atoms with Crippen molar-refractivity contribution in [3.63, 3.8) is 0 Å². The Morgan fingerprint density at radius 1 is 1.60 bits per heavy atom. The summed E-state index contributed by atoms with van der Waals surface area (Å²) in [6, 6.07) is 2.07. The minimum absolute atomic E-state index is 0.106. The second-order valence-corrected chi connectivity index (χ2v) is 3.50. The number of rotatable bonds is 7. The first-order valence-electron chi connectivity index (χ1n) is 5.31. The highest BCUT2D eigenvalue weighted by atomic mass is 16.5. The maximum Gasteiger partial charge on any atom is 0.0650 e. The molecular weight excluding hydrogens is 192 g/mol. The lowest BCUT2D eigenvalue weighted by molar-refractivity contribution is 0.124. The summed E-state index contributed by atoms with van der Waals surface area (Å²) in [5.74, 6) is 5.50. The Bertz CT molecular complexity index is 274. The number of ether oxygens (including phenoxy) is 1. The monoisotopic (exact) mass is 212 g/mol. The van der Waals surface area contributed by atoms with Crippen molar-refractivity contribution in [2.45, 2.75) is 25.8 Å². The van der Waals surface area contributed by atoms with Gasteiger partial charge >= 0.3 is 0 Å². The molecule has 1 aromatic heterocycles. The van der Waals surface area contributed by atoms with Crippen LogP contribution < -0.4 is 11.3 Å². The summed E-state index contributed by atoms with van der Waals surface area (Å²) in [5, 5.41) is 4.11. The quantitative estimate of drug-likeness (QED) is 0.397. The highest BCUT2D eigenvalue weighted by Crippen LogP contribution is 2.14. The second kappa shape index (κ2) is 6.55. The van der Waals surface area contributed by atoms with Crippen molar-refractivity contribution in [3.8, 4) is 0 Å². The third-order valence-electron chi connectivity index (χ3n) is 2.32. The van der Waals surface area contributed by atoms with Crippen LogP contribution >= 0.6 is 0 Å². The third kappa shape index (κ3) is 3.62. The maximum atomic E-state index is 5.50. The van der Waals surface area contributed by atoms with E-state index in [0.717, 1.165) is 25.1 Å². The predicted molar refractivity (Wildman–Crippen MR) is 59.0 cm³/mol. The molecule has 0 fully saturated rings. The molecule has 15 heavy (non-hydrogen) atoms. The van der Waals surface area contributed by atoms with Crippen LogP contribution in [-0.2, 0) is 11.8 Å². The molecule has 1 atom stereocenters. The Morgan fingerprint density at radius 2 is 2.40 bits per heavy atom. The molecule has 0 aliphatic heterocycles. The zero-order valence-electron chi connectivity index (χ0n) is 9.44. The molecule has 1 rings (SSSR count). The van der Waals surface area contributed by atoms with Crippen molar-refractivity contribution in [1.82, 2.24) is 15.2 Å². The van der Waals surface area contributed by atoms with Crippen molar-refractivity contribution < 1.29 is 4.74 Å². The van der Waals surface area contributed by atoms with E-state index in [1.54, 1.807) is 6.20 Å². The Morgan fingerprint density at radius 3 is 2.93 bits per heavy atom. The van der Waals surface area contributed by atoms with E-state index >= 15 is 0 Å². The Balaban J connectivity index is 2.39. The smallest absolute Gasteiger partial charge is 0.0650 e. The Labute approximate surface area is 90.6 Å². The van der Waals surface area contributed by atoms with Gasteiger partial charge in [-0.3, -0.25) is 16.0 Å². The summed E-state index contributed by atoms with van der Waals surface area (Å²) in [6.45, 7) is 3.62. The molecule has 1 unspecified atom stereocenters. The molecule has 1 heterocycles. The molecule has 1 aromatic rings. The molecule has 0 amide bonds. The molecule has 0 aliphatic rings. The fourth-order valence-corrected chi connectivity index (χ4v) is 1.49. The summed E-state index contributed by atoms with van der Waals surface area (Å²) < 4.78 is 7.25. The topological polar surface area (TPSA) is 65.1 Å². The van der Waals surface area contributed by atoms with Gasteiger partial charge in [-0.05, 0) is 18.9 Å². The van der Waals surface area contributed by atoms with E-state index in [1.165, 1.54) is 0 Å². The van der Waals surface area contributed by atoms with Gasteiger partial charge in [0, 0.05) is 26.5 Å². The molecule has 0 radical (unpaired) electrons. The fourth-order valence-electron chi connectivity index (χ4n) is 1.49. The molecule has 86 valence electrons. The van der Waals surface area contributed by atoms with Crippen molar-refractivity contribution in [2.75, 3.05) is 13.2 Å². The molecule has 0 aromatic carbocycles. The van der Waals surface area contributed by atoms with Crippen LogP contribution in [0, 0.1) is 0 Å². The molecule has 0 saturated carbocycles. The number of hydrogen-bond donors (Lipinski definition) is 2. The van der Waals surface area contributed by atoms with Gasteiger partial charge in [0.2, 0.25) is 0 Å². The second-order valence-electron chi connectivity index (χ2n) is 3.50. The van der Waals surface area contributed by atoms with Crippen molar-refractivity contribution in [2.24, 2.45) is 12.9 Å². The number of nitrogens with two attached hydrogens (primary N) is 1. The molecule has 0 aliphatic carbocycles. The van der Waals surface area contributed by atoms with Gasteiger partial charge in [-0.2, -0.15) is 5.10 Å². The van der Waals surface area contributed by atoms with Crippen LogP contribution in [-0.4, -0.2) is 23.0 Å². The molecule has 0 bridgehead atoms. The molecule has 5 heteroatoms. The summed E-state index contributed by atoms with van der Waals surface area (Å²) in [4.78, 5) is 0. The molecule has 3 N–H and O–H groups in total. The Kier molecular flexibility index (Phi) is 5.31. The summed E-state index contributed by atoms with van der Waals surface area (Å²) in [7, 11) is 1.91. The highest BCUT2D eigenvalue weighted by molar-refractivity contribution is 5.05. The third-order valence-corrected chi connectivity index (χ3v) is 2.32. The average molecular weight is 212 g/mol. The van der Waals surface area contributed by atoms with Gasteiger partial charge < -0.3 is 4.74 Å². The Hall–Kier alpha value is -0.910. The number of nitrogens with zero attached hydrogens (tertiary/aromatic N) is 2. The first-order chi connectivity index (χ1) is 7.29. The SMILES string of the molecule is CCCOCCC(NN)c1ccnn1C. The molecule has 0 spiro atoms. The van der Waals surface area contributed by atoms with Gasteiger partial charge in [-0.15, -0.1) is 0 Å². The number of nitrogens with one attached hydrogen (secondary N) is 1. The number of hydrogen-bond acceptors (Lipinski definition) is 4. The highest BCUT2D eigenvalue weighted by Gasteiger charge is 2.12. The van der Waals surface area contributed by atoms with E-state index in [0.29, 0.717) is 6.61 Å². The van der Waals surface area contributed by atoms with Crippen LogP contribution in [0.5, 0.6) is 0 Å². The van der Waals surface area contributed by atoms with Crippen molar-refractivity contribution in [1.29, 1.82) is 0 Å². The molecule has 5 nitrogen and oxygen atoms in total. The van der Waals surface area contributed by atoms with Crippen molar-refractivity contribution >= 4 is 0 Å². The van der Waals surface area contributed by atoms with Gasteiger partial charge in [-0.1, -0.05) is 6.92 Å². The van der Waals surface area contributed by atoms with Crippen LogP contribution in [0.3, 0.4) is 0 Å². The van der Waals surface area contributed by atoms with Crippen LogP contribution in [0.25, 0.3) is 0 Å². The van der Waals surface area contributed by atoms with Gasteiger partial charge in [0.05, 0.1) is 11.7 Å². The maximum absolute atomic E-state index is 5.50. The lowest BCUT2D eigenvalue weighted by Gasteiger charge is -2.15. The zero-order valence-corrected chi connectivity index (χ0v) is 9.44. The van der Waals surface area contributed by atoms with Crippen LogP contribution in [0.4, 0.5) is 0 Å². The molecule has 0 saturated heterocycles. The first kappa shape index (κ1) is 12.2.